The number of nitrogens with one attached hydrogen (secondary N) is 1. The molecule has 1 amide bonds. The molecule has 0 saturated heterocycles. The van der Waals surface area contributed by atoms with Gasteiger partial charge in [-0.25, -0.2) is 0 Å². The maximum Gasteiger partial charge on any atom is 0.223 e. The van der Waals surface area contributed by atoms with E-state index in [0.717, 1.165) is 30.4 Å². The highest BCUT2D eigenvalue weighted by Crippen LogP contribution is 2.20. The van der Waals surface area contributed by atoms with Gasteiger partial charge in [-0.3, -0.25) is 4.79 Å². The quantitative estimate of drug-likeness (QED) is 0.525. The summed E-state index contributed by atoms with van der Waals surface area (Å²) in [5, 5.41) is 3.09. The van der Waals surface area contributed by atoms with Crippen molar-refractivity contribution in [3.63, 3.8) is 0 Å². The largest absolute Gasteiger partial charge is 0.356 e. The molecule has 0 fully saturated rings. The average molecular weight is 257 g/mol. The predicted octanol–water partition coefficient (Wildman–Crippen LogP) is 2.52. The summed E-state index contributed by atoms with van der Waals surface area (Å²) in [4.78, 5) is 12.1. The summed E-state index contributed by atoms with van der Waals surface area (Å²) in [6.07, 6.45) is 2.03. The van der Waals surface area contributed by atoms with E-state index in [2.05, 4.69) is 54.2 Å². The first-order valence-corrected chi connectivity index (χ1v) is 7.21. The first-order chi connectivity index (χ1) is 8.13. The minimum atomic E-state index is 0.161. The summed E-state index contributed by atoms with van der Waals surface area (Å²) >= 11 is 0. The Kier molecular flexibility index (Phi) is 7.53. The molecule has 108 valence electrons. The lowest BCUT2D eigenvalue weighted by atomic mass is 9.87. The van der Waals surface area contributed by atoms with E-state index in [4.69, 9.17) is 0 Å². The van der Waals surface area contributed by atoms with E-state index in [1.165, 1.54) is 0 Å². The second-order valence-electron chi connectivity index (χ2n) is 7.14. The molecule has 0 aliphatic rings. The molecule has 0 aliphatic carbocycles. The Balaban J connectivity index is 4.04. The number of hydrogen-bond donors (Lipinski definition) is 1. The molecular weight excluding hydrogens is 224 g/mol. The van der Waals surface area contributed by atoms with Gasteiger partial charge in [-0.1, -0.05) is 27.7 Å². The highest BCUT2D eigenvalue weighted by molar-refractivity contribution is 5.78. The third kappa shape index (κ3) is 8.51. The Bertz CT molecular complexity index is 241. The van der Waals surface area contributed by atoms with Crippen LogP contribution in [0.1, 0.15) is 40.5 Å². The third-order valence-electron chi connectivity index (χ3n) is 3.17. The standard InChI is InChI=1S/C15H32N2O/c1-12(2)11-14(13(3)4)15(18)16-9-8-10-17(5,6)7/h12-14H,8-11H2,1-7H3/p+1. The van der Waals surface area contributed by atoms with E-state index in [1.54, 1.807) is 0 Å². The Hall–Kier alpha value is -0.570. The molecule has 0 heterocycles. The summed E-state index contributed by atoms with van der Waals surface area (Å²) in [6, 6.07) is 0. The lowest BCUT2D eigenvalue weighted by Gasteiger charge is -2.25. The van der Waals surface area contributed by atoms with Crippen molar-refractivity contribution in [2.75, 3.05) is 34.2 Å². The molecule has 0 radical (unpaired) electrons. The summed E-state index contributed by atoms with van der Waals surface area (Å²) in [5.41, 5.74) is 0. The van der Waals surface area contributed by atoms with Gasteiger partial charge in [0.1, 0.15) is 0 Å². The molecule has 18 heavy (non-hydrogen) atoms. The maximum absolute atomic E-state index is 12.1. The molecule has 0 spiro atoms. The molecule has 1 N–H and O–H groups in total. The smallest absolute Gasteiger partial charge is 0.223 e. The van der Waals surface area contributed by atoms with Gasteiger partial charge in [0.05, 0.1) is 27.7 Å². The summed E-state index contributed by atoms with van der Waals surface area (Å²) in [7, 11) is 6.53. The fraction of sp³-hybridized carbons (Fsp3) is 0.933. The fourth-order valence-corrected chi connectivity index (χ4v) is 2.09. The Morgan fingerprint density at radius 1 is 1.11 bits per heavy atom. The SMILES string of the molecule is CC(C)CC(C(=O)NCCC[N+](C)(C)C)C(C)C. The zero-order valence-corrected chi connectivity index (χ0v) is 13.4. The predicted molar refractivity (Wildman–Crippen MR) is 78.3 cm³/mol. The minimum Gasteiger partial charge on any atom is -0.356 e. The number of carbonyl (C=O) groups is 1. The van der Waals surface area contributed by atoms with E-state index >= 15 is 0 Å². The van der Waals surface area contributed by atoms with Crippen LogP contribution in [0.25, 0.3) is 0 Å². The van der Waals surface area contributed by atoms with Crippen molar-refractivity contribution in [3.8, 4) is 0 Å². The number of carbonyl (C=O) groups excluding carboxylic acids is 1. The molecule has 0 saturated carbocycles. The van der Waals surface area contributed by atoms with Crippen LogP contribution < -0.4 is 5.32 Å². The van der Waals surface area contributed by atoms with Crippen molar-refractivity contribution in [2.45, 2.75) is 40.5 Å². The number of hydrogen-bond acceptors (Lipinski definition) is 1. The highest BCUT2D eigenvalue weighted by atomic mass is 16.1. The van der Waals surface area contributed by atoms with Crippen LogP contribution in [-0.2, 0) is 4.79 Å². The van der Waals surface area contributed by atoms with Crippen molar-refractivity contribution >= 4 is 5.91 Å². The van der Waals surface area contributed by atoms with Crippen molar-refractivity contribution in [1.29, 1.82) is 0 Å². The first kappa shape index (κ1) is 17.4. The molecule has 0 aliphatic heterocycles. The number of amides is 1. The molecule has 0 rings (SSSR count). The van der Waals surface area contributed by atoms with Gasteiger partial charge in [-0.15, -0.1) is 0 Å². The van der Waals surface area contributed by atoms with E-state index in [1.807, 2.05) is 0 Å². The number of nitrogens with zero attached hydrogens (tertiary/aromatic N) is 1. The van der Waals surface area contributed by atoms with Gasteiger partial charge in [-0.2, -0.15) is 0 Å². The lowest BCUT2D eigenvalue weighted by molar-refractivity contribution is -0.870. The van der Waals surface area contributed by atoms with Gasteiger partial charge in [0, 0.05) is 18.9 Å². The highest BCUT2D eigenvalue weighted by Gasteiger charge is 2.22. The molecule has 1 atom stereocenters. The van der Waals surface area contributed by atoms with Crippen LogP contribution in [-0.4, -0.2) is 44.6 Å². The van der Waals surface area contributed by atoms with Crippen molar-refractivity contribution in [1.82, 2.24) is 5.32 Å². The Labute approximate surface area is 114 Å². The Morgan fingerprint density at radius 3 is 2.06 bits per heavy atom. The van der Waals surface area contributed by atoms with Crippen LogP contribution in [0.4, 0.5) is 0 Å². The third-order valence-corrected chi connectivity index (χ3v) is 3.17. The van der Waals surface area contributed by atoms with E-state index in [-0.39, 0.29) is 11.8 Å². The molecular formula is C15H33N2O+. The van der Waals surface area contributed by atoms with Crippen LogP contribution in [0.15, 0.2) is 0 Å². The topological polar surface area (TPSA) is 29.1 Å². The molecule has 0 aromatic heterocycles. The van der Waals surface area contributed by atoms with Gasteiger partial charge in [0.2, 0.25) is 5.91 Å². The summed E-state index contributed by atoms with van der Waals surface area (Å²) in [5.74, 6) is 1.40. The molecule has 0 aromatic carbocycles. The van der Waals surface area contributed by atoms with Crippen LogP contribution in [0.2, 0.25) is 0 Å². The summed E-state index contributed by atoms with van der Waals surface area (Å²) < 4.78 is 0.954. The normalized spacial score (nSPS) is 14.1. The molecule has 0 aromatic rings. The first-order valence-electron chi connectivity index (χ1n) is 7.21. The van der Waals surface area contributed by atoms with Crippen LogP contribution in [0, 0.1) is 17.8 Å². The number of rotatable bonds is 8. The van der Waals surface area contributed by atoms with Gasteiger partial charge in [0.25, 0.3) is 0 Å². The van der Waals surface area contributed by atoms with E-state index in [9.17, 15) is 4.79 Å². The zero-order chi connectivity index (χ0) is 14.3. The van der Waals surface area contributed by atoms with Crippen LogP contribution >= 0.6 is 0 Å². The fourth-order valence-electron chi connectivity index (χ4n) is 2.09. The van der Waals surface area contributed by atoms with Crippen molar-refractivity contribution < 1.29 is 9.28 Å². The van der Waals surface area contributed by atoms with Gasteiger partial charge in [-0.05, 0) is 18.3 Å². The molecule has 1 unspecified atom stereocenters. The number of quaternary nitrogens is 1. The van der Waals surface area contributed by atoms with Gasteiger partial charge in [0.15, 0.2) is 0 Å². The van der Waals surface area contributed by atoms with Crippen LogP contribution in [0.5, 0.6) is 0 Å². The van der Waals surface area contributed by atoms with E-state index in [0.29, 0.717) is 11.8 Å². The van der Waals surface area contributed by atoms with E-state index < -0.39 is 0 Å². The van der Waals surface area contributed by atoms with Gasteiger partial charge < -0.3 is 9.80 Å². The molecule has 3 nitrogen and oxygen atoms in total. The second kappa shape index (κ2) is 7.78. The zero-order valence-electron chi connectivity index (χ0n) is 13.4. The summed E-state index contributed by atoms with van der Waals surface area (Å²) in [6.45, 7) is 10.5. The Morgan fingerprint density at radius 2 is 1.67 bits per heavy atom. The molecule has 0 bridgehead atoms. The van der Waals surface area contributed by atoms with Crippen molar-refractivity contribution in [2.24, 2.45) is 17.8 Å². The van der Waals surface area contributed by atoms with Crippen molar-refractivity contribution in [3.05, 3.63) is 0 Å². The maximum atomic E-state index is 12.1. The monoisotopic (exact) mass is 257 g/mol. The molecule has 3 heteroatoms. The second-order valence-corrected chi connectivity index (χ2v) is 7.14. The lowest BCUT2D eigenvalue weighted by Crippen LogP contribution is -2.39. The van der Waals surface area contributed by atoms with Crippen LogP contribution in [0.3, 0.4) is 0 Å². The van der Waals surface area contributed by atoms with Gasteiger partial charge >= 0.3 is 0 Å². The average Bonchev–Trinajstić information content (AvgIpc) is 2.18. The minimum absolute atomic E-state index is 0.161.